The molecule has 0 aliphatic rings. The number of carbonyl (C=O) groups excluding carboxylic acids is 1. The molecular weight excluding hydrogens is 252 g/mol. The number of hydrogen-bond acceptors (Lipinski definition) is 1. The van der Waals surface area contributed by atoms with Crippen LogP contribution in [0.1, 0.15) is 23.7 Å². The topological polar surface area (TPSA) is 29.1 Å². The highest BCUT2D eigenvalue weighted by molar-refractivity contribution is 6.33. The number of carbonyl (C=O) groups is 1. The molecule has 0 fully saturated rings. The van der Waals surface area contributed by atoms with E-state index in [0.717, 1.165) is 12.5 Å². The lowest BCUT2D eigenvalue weighted by molar-refractivity contribution is 0.0953. The van der Waals surface area contributed by atoms with Crippen molar-refractivity contribution in [3.63, 3.8) is 0 Å². The first-order chi connectivity index (χ1) is 7.54. The fourth-order valence-electron chi connectivity index (χ4n) is 1.12. The first kappa shape index (κ1) is 13.3. The average molecular weight is 264 g/mol. The Bertz CT molecular complexity index is 384. The Morgan fingerprint density at radius 3 is 2.81 bits per heavy atom. The Morgan fingerprint density at radius 1 is 1.56 bits per heavy atom. The molecule has 0 aromatic heterocycles. The highest BCUT2D eigenvalue weighted by Crippen LogP contribution is 2.17. The number of nitrogens with one attached hydrogen (secondary N) is 1. The fraction of sp³-hybridized carbons (Fsp3) is 0.364. The highest BCUT2D eigenvalue weighted by Gasteiger charge is 2.11. The first-order valence-electron chi connectivity index (χ1n) is 4.92. The monoisotopic (exact) mass is 263 g/mol. The molecule has 1 rings (SSSR count). The largest absolute Gasteiger partial charge is 0.351 e. The van der Waals surface area contributed by atoms with E-state index in [9.17, 15) is 9.18 Å². The van der Waals surface area contributed by atoms with E-state index in [1.54, 1.807) is 0 Å². The van der Waals surface area contributed by atoms with Crippen molar-refractivity contribution in [2.45, 2.75) is 18.7 Å². The van der Waals surface area contributed by atoms with Crippen molar-refractivity contribution < 1.29 is 9.18 Å². The van der Waals surface area contributed by atoms with Crippen molar-refractivity contribution in [2.75, 3.05) is 6.54 Å². The Hall–Kier alpha value is -0.800. The lowest BCUT2D eigenvalue weighted by Gasteiger charge is -2.09. The van der Waals surface area contributed by atoms with Gasteiger partial charge in [0.1, 0.15) is 5.82 Å². The van der Waals surface area contributed by atoms with Gasteiger partial charge in [0, 0.05) is 6.54 Å². The number of hydrogen-bond donors (Lipinski definition) is 1. The number of amides is 1. The lowest BCUT2D eigenvalue weighted by Crippen LogP contribution is -2.29. The van der Waals surface area contributed by atoms with Gasteiger partial charge in [0.05, 0.1) is 16.0 Å². The highest BCUT2D eigenvalue weighted by atomic mass is 35.5. The summed E-state index contributed by atoms with van der Waals surface area (Å²) in [5.41, 5.74) is 0.253. The molecule has 5 heteroatoms. The minimum Gasteiger partial charge on any atom is -0.351 e. The van der Waals surface area contributed by atoms with Gasteiger partial charge in [0.25, 0.3) is 5.91 Å². The average Bonchev–Trinajstić information content (AvgIpc) is 2.25. The van der Waals surface area contributed by atoms with E-state index < -0.39 is 5.82 Å². The molecule has 1 N–H and O–H groups in total. The Kier molecular flexibility index (Phi) is 5.03. The van der Waals surface area contributed by atoms with Crippen LogP contribution in [0.15, 0.2) is 18.2 Å². The minimum absolute atomic E-state index is 0.0973. The Balaban J connectivity index is 2.66. The van der Waals surface area contributed by atoms with Crippen molar-refractivity contribution in [2.24, 2.45) is 0 Å². The zero-order chi connectivity index (χ0) is 12.1. The van der Waals surface area contributed by atoms with Gasteiger partial charge in [-0.15, -0.1) is 11.6 Å². The zero-order valence-corrected chi connectivity index (χ0v) is 10.3. The summed E-state index contributed by atoms with van der Waals surface area (Å²) in [5.74, 6) is -0.811. The van der Waals surface area contributed by atoms with Gasteiger partial charge in [-0.25, -0.2) is 4.39 Å². The van der Waals surface area contributed by atoms with Crippen LogP contribution in [0.25, 0.3) is 0 Å². The standard InChI is InChI=1S/C11H12Cl2FNO/c1-2-7(12)6-15-11(16)9-4-3-8(14)5-10(9)13/h3-5,7H,2,6H2,1H3,(H,15,16). The van der Waals surface area contributed by atoms with E-state index in [1.165, 1.54) is 12.1 Å². The summed E-state index contributed by atoms with van der Waals surface area (Å²) in [5, 5.41) is 2.62. The van der Waals surface area contributed by atoms with Gasteiger partial charge in [-0.1, -0.05) is 18.5 Å². The first-order valence-corrected chi connectivity index (χ1v) is 5.73. The lowest BCUT2D eigenvalue weighted by atomic mass is 10.2. The molecule has 1 aromatic rings. The van der Waals surface area contributed by atoms with Gasteiger partial charge in [-0.2, -0.15) is 0 Å². The molecule has 88 valence electrons. The van der Waals surface area contributed by atoms with E-state index in [2.05, 4.69) is 5.32 Å². The third-order valence-corrected chi connectivity index (χ3v) is 2.88. The molecular formula is C11H12Cl2FNO. The van der Waals surface area contributed by atoms with E-state index in [0.29, 0.717) is 6.54 Å². The normalized spacial score (nSPS) is 12.2. The van der Waals surface area contributed by atoms with Crippen molar-refractivity contribution >= 4 is 29.1 Å². The molecule has 16 heavy (non-hydrogen) atoms. The van der Waals surface area contributed by atoms with E-state index >= 15 is 0 Å². The molecule has 0 spiro atoms. The summed E-state index contributed by atoms with van der Waals surface area (Å²) in [6, 6.07) is 3.65. The van der Waals surface area contributed by atoms with Gasteiger partial charge >= 0.3 is 0 Å². The van der Waals surface area contributed by atoms with Crippen molar-refractivity contribution in [1.82, 2.24) is 5.32 Å². The predicted octanol–water partition coefficient (Wildman–Crippen LogP) is 3.23. The van der Waals surface area contributed by atoms with Crippen molar-refractivity contribution in [3.8, 4) is 0 Å². The summed E-state index contributed by atoms with van der Waals surface area (Å²) in [7, 11) is 0. The van der Waals surface area contributed by atoms with Crippen LogP contribution < -0.4 is 5.32 Å². The SMILES string of the molecule is CCC(Cl)CNC(=O)c1ccc(F)cc1Cl. The molecule has 1 atom stereocenters. The van der Waals surface area contributed by atoms with Crippen LogP contribution in [0.3, 0.4) is 0 Å². The van der Waals surface area contributed by atoms with Gasteiger partial charge in [0.2, 0.25) is 0 Å². The number of benzene rings is 1. The summed E-state index contributed by atoms with van der Waals surface area (Å²) in [4.78, 5) is 11.6. The van der Waals surface area contributed by atoms with Crippen molar-refractivity contribution in [1.29, 1.82) is 0 Å². The summed E-state index contributed by atoms with van der Waals surface area (Å²) < 4.78 is 12.7. The van der Waals surface area contributed by atoms with Crippen LogP contribution in [0.2, 0.25) is 5.02 Å². The molecule has 2 nitrogen and oxygen atoms in total. The maximum atomic E-state index is 12.7. The molecule has 1 amide bonds. The minimum atomic E-state index is -0.467. The van der Waals surface area contributed by atoms with Crippen LogP contribution >= 0.6 is 23.2 Å². The maximum absolute atomic E-state index is 12.7. The van der Waals surface area contributed by atoms with Gasteiger partial charge in [0.15, 0.2) is 0 Å². The smallest absolute Gasteiger partial charge is 0.252 e. The molecule has 0 saturated carbocycles. The van der Waals surface area contributed by atoms with Crippen LogP contribution in [0.4, 0.5) is 4.39 Å². The van der Waals surface area contributed by atoms with Crippen LogP contribution in [-0.4, -0.2) is 17.8 Å². The third kappa shape index (κ3) is 3.65. The van der Waals surface area contributed by atoms with E-state index in [4.69, 9.17) is 23.2 Å². The second kappa shape index (κ2) is 6.06. The number of halogens is 3. The molecule has 0 aliphatic heterocycles. The maximum Gasteiger partial charge on any atom is 0.252 e. The third-order valence-electron chi connectivity index (χ3n) is 2.10. The van der Waals surface area contributed by atoms with Crippen LogP contribution in [0.5, 0.6) is 0 Å². The second-order valence-electron chi connectivity index (χ2n) is 3.34. The Morgan fingerprint density at radius 2 is 2.25 bits per heavy atom. The quantitative estimate of drug-likeness (QED) is 0.831. The molecule has 0 radical (unpaired) electrons. The van der Waals surface area contributed by atoms with Crippen LogP contribution in [-0.2, 0) is 0 Å². The molecule has 1 aromatic carbocycles. The molecule has 0 saturated heterocycles. The van der Waals surface area contributed by atoms with Gasteiger partial charge in [-0.05, 0) is 24.6 Å². The number of alkyl halides is 1. The molecule has 0 aliphatic carbocycles. The summed E-state index contributed by atoms with van der Waals surface area (Å²) in [6.07, 6.45) is 0.763. The Labute approximate surface area is 104 Å². The van der Waals surface area contributed by atoms with E-state index in [1.807, 2.05) is 6.92 Å². The zero-order valence-electron chi connectivity index (χ0n) is 8.77. The van der Waals surface area contributed by atoms with E-state index in [-0.39, 0.29) is 21.9 Å². The van der Waals surface area contributed by atoms with Gasteiger partial charge in [-0.3, -0.25) is 4.79 Å². The molecule has 1 unspecified atom stereocenters. The number of rotatable bonds is 4. The molecule has 0 bridgehead atoms. The van der Waals surface area contributed by atoms with Crippen LogP contribution in [0, 0.1) is 5.82 Å². The second-order valence-corrected chi connectivity index (χ2v) is 4.36. The summed E-state index contributed by atoms with van der Waals surface area (Å²) in [6.45, 7) is 2.29. The molecule has 0 heterocycles. The fourth-order valence-corrected chi connectivity index (χ4v) is 1.45. The summed E-state index contributed by atoms with van der Waals surface area (Å²) >= 11 is 11.6. The van der Waals surface area contributed by atoms with Gasteiger partial charge < -0.3 is 5.32 Å². The van der Waals surface area contributed by atoms with Crippen molar-refractivity contribution in [3.05, 3.63) is 34.6 Å². The predicted molar refractivity (Wildman–Crippen MR) is 63.7 cm³/mol.